The molecule has 31 heavy (non-hydrogen) atoms. The van der Waals surface area contributed by atoms with Crippen LogP contribution in [-0.4, -0.2) is 30.9 Å². The molecule has 2 amide bonds. The summed E-state index contributed by atoms with van der Waals surface area (Å²) in [4.78, 5) is 32.0. The highest BCUT2D eigenvalue weighted by atomic mass is 16.5. The van der Waals surface area contributed by atoms with Crippen LogP contribution in [0.4, 0.5) is 17.1 Å². The van der Waals surface area contributed by atoms with Gasteiger partial charge in [-0.15, -0.1) is 0 Å². The molecule has 2 N–H and O–H groups in total. The Morgan fingerprint density at radius 2 is 1.58 bits per heavy atom. The first-order chi connectivity index (χ1) is 15.1. The lowest BCUT2D eigenvalue weighted by Gasteiger charge is -2.31. The number of anilines is 3. The number of amides is 2. The average Bonchev–Trinajstić information content (AvgIpc) is 2.80. The number of carbonyl (C=O) groups excluding carboxylic acids is 2. The molecule has 156 valence electrons. The molecule has 0 unspecified atom stereocenters. The topological polar surface area (TPSA) is 83.0 Å². The lowest BCUT2D eigenvalue weighted by molar-refractivity contribution is -0.123. The second-order valence-corrected chi connectivity index (χ2v) is 6.95. The molecule has 0 aliphatic carbocycles. The molecule has 1 atom stereocenters. The molecule has 4 rings (SSSR count). The molecule has 7 heteroatoms. The maximum Gasteiger partial charge on any atom is 0.249 e. The van der Waals surface area contributed by atoms with E-state index in [-0.39, 0.29) is 18.2 Å². The molecule has 1 heterocycles. The van der Waals surface area contributed by atoms with Crippen molar-refractivity contribution in [3.05, 3.63) is 84.9 Å². The first kappa shape index (κ1) is 20.2. The summed E-state index contributed by atoms with van der Waals surface area (Å²) < 4.78 is 5.14. The van der Waals surface area contributed by atoms with Gasteiger partial charge >= 0.3 is 0 Å². The summed E-state index contributed by atoms with van der Waals surface area (Å²) in [6, 6.07) is 24.8. The van der Waals surface area contributed by atoms with Gasteiger partial charge in [-0.2, -0.15) is 0 Å². The fourth-order valence-corrected chi connectivity index (χ4v) is 3.26. The number of rotatable bonds is 5. The molecule has 0 saturated carbocycles. The molecule has 0 fully saturated rings. The largest absolute Gasteiger partial charge is 0.497 e. The highest BCUT2D eigenvalue weighted by molar-refractivity contribution is 6.23. The Hall–Kier alpha value is -4.13. The summed E-state index contributed by atoms with van der Waals surface area (Å²) >= 11 is 0. The van der Waals surface area contributed by atoms with Gasteiger partial charge in [0.1, 0.15) is 11.8 Å². The number of para-hydroxylation sites is 2. The Balaban J connectivity index is 1.61. The number of aliphatic imine (C=N–C) groups is 1. The molecule has 0 spiro atoms. The summed E-state index contributed by atoms with van der Waals surface area (Å²) in [6.07, 6.45) is -0.0309. The van der Waals surface area contributed by atoms with Crippen LogP contribution in [0.5, 0.6) is 5.75 Å². The third kappa shape index (κ3) is 4.72. The van der Waals surface area contributed by atoms with Gasteiger partial charge in [0.25, 0.3) is 0 Å². The summed E-state index contributed by atoms with van der Waals surface area (Å²) in [5.41, 5.74) is 2.06. The molecule has 7 nitrogen and oxygen atoms in total. The van der Waals surface area contributed by atoms with E-state index >= 15 is 0 Å². The van der Waals surface area contributed by atoms with Gasteiger partial charge in [-0.05, 0) is 48.5 Å². The van der Waals surface area contributed by atoms with Crippen molar-refractivity contribution in [1.29, 1.82) is 0 Å². The van der Waals surface area contributed by atoms with Gasteiger partial charge in [0.05, 0.1) is 19.2 Å². The summed E-state index contributed by atoms with van der Waals surface area (Å²) in [5.74, 6) is 0.438. The number of carbonyl (C=O) groups is 2. The number of nitrogens with one attached hydrogen (secondary N) is 2. The third-order valence-corrected chi connectivity index (χ3v) is 4.81. The van der Waals surface area contributed by atoms with Gasteiger partial charge in [0.15, 0.2) is 0 Å². The molecule has 0 saturated heterocycles. The Morgan fingerprint density at radius 3 is 2.23 bits per heavy atom. The van der Waals surface area contributed by atoms with Crippen LogP contribution in [-0.2, 0) is 9.59 Å². The van der Waals surface area contributed by atoms with Crippen molar-refractivity contribution in [3.8, 4) is 5.75 Å². The van der Waals surface area contributed by atoms with E-state index in [0.717, 1.165) is 5.69 Å². The summed E-state index contributed by atoms with van der Waals surface area (Å²) in [5, 5.41) is 6.00. The number of methoxy groups -OCH3 is 1. The number of hydrogen-bond acceptors (Lipinski definition) is 5. The van der Waals surface area contributed by atoms with E-state index in [1.807, 2.05) is 60.7 Å². The Kier molecular flexibility index (Phi) is 5.93. The van der Waals surface area contributed by atoms with Crippen LogP contribution < -0.4 is 20.3 Å². The van der Waals surface area contributed by atoms with Gasteiger partial charge in [0, 0.05) is 11.4 Å². The van der Waals surface area contributed by atoms with Crippen LogP contribution in [0.2, 0.25) is 0 Å². The molecule has 0 aromatic heterocycles. The molecule has 0 bridgehead atoms. The quantitative estimate of drug-likeness (QED) is 0.663. The molecule has 1 aliphatic rings. The second kappa shape index (κ2) is 9.13. The SMILES string of the molecule is COc1ccc(NC(=O)[C@@H]2CC(=O)N(c3ccccc3)C(Nc3ccccc3)=N2)cc1. The van der Waals surface area contributed by atoms with Crippen LogP contribution in [0.1, 0.15) is 6.42 Å². The Labute approximate surface area is 180 Å². The van der Waals surface area contributed by atoms with E-state index in [1.165, 1.54) is 4.90 Å². The molecular weight excluding hydrogens is 392 g/mol. The standard InChI is InChI=1S/C24H22N4O3/c1-31-20-14-12-18(13-15-20)25-23(30)21-16-22(29)28(19-10-6-3-7-11-19)24(27-21)26-17-8-4-2-5-9-17/h2-15,21H,16H2,1H3,(H,25,30)(H,26,27)/t21-/m0/s1. The molecular formula is C24H22N4O3. The smallest absolute Gasteiger partial charge is 0.249 e. The lowest BCUT2D eigenvalue weighted by Crippen LogP contribution is -2.49. The van der Waals surface area contributed by atoms with Crippen molar-refractivity contribution in [3.63, 3.8) is 0 Å². The van der Waals surface area contributed by atoms with Crippen LogP contribution in [0.15, 0.2) is 89.9 Å². The van der Waals surface area contributed by atoms with Crippen molar-refractivity contribution < 1.29 is 14.3 Å². The minimum absolute atomic E-state index is 0.0309. The zero-order valence-electron chi connectivity index (χ0n) is 17.0. The van der Waals surface area contributed by atoms with Gasteiger partial charge in [0.2, 0.25) is 17.8 Å². The van der Waals surface area contributed by atoms with Crippen LogP contribution in [0.3, 0.4) is 0 Å². The minimum atomic E-state index is -0.847. The van der Waals surface area contributed by atoms with E-state index in [9.17, 15) is 9.59 Å². The average molecular weight is 414 g/mol. The maximum absolute atomic E-state index is 13.1. The van der Waals surface area contributed by atoms with E-state index < -0.39 is 6.04 Å². The predicted molar refractivity (Wildman–Crippen MR) is 121 cm³/mol. The first-order valence-corrected chi connectivity index (χ1v) is 9.87. The molecule has 0 radical (unpaired) electrons. The van der Waals surface area contributed by atoms with E-state index in [2.05, 4.69) is 15.6 Å². The van der Waals surface area contributed by atoms with Crippen molar-refractivity contribution in [2.24, 2.45) is 4.99 Å². The van der Waals surface area contributed by atoms with Gasteiger partial charge in [-0.1, -0.05) is 36.4 Å². The number of guanidine groups is 1. The zero-order chi connectivity index (χ0) is 21.6. The zero-order valence-corrected chi connectivity index (χ0v) is 17.0. The Morgan fingerprint density at radius 1 is 0.935 bits per heavy atom. The molecule has 1 aliphatic heterocycles. The normalized spacial score (nSPS) is 15.8. The van der Waals surface area contributed by atoms with E-state index in [4.69, 9.17) is 4.74 Å². The molecule has 3 aromatic carbocycles. The fraction of sp³-hybridized carbons (Fsp3) is 0.125. The van der Waals surface area contributed by atoms with Crippen molar-refractivity contribution >= 4 is 34.8 Å². The molecule has 3 aromatic rings. The van der Waals surface area contributed by atoms with Crippen molar-refractivity contribution in [2.45, 2.75) is 12.5 Å². The van der Waals surface area contributed by atoms with E-state index in [1.54, 1.807) is 31.4 Å². The fourth-order valence-electron chi connectivity index (χ4n) is 3.26. The van der Waals surface area contributed by atoms with Crippen LogP contribution in [0.25, 0.3) is 0 Å². The van der Waals surface area contributed by atoms with Gasteiger partial charge < -0.3 is 15.4 Å². The number of nitrogens with zero attached hydrogens (tertiary/aromatic N) is 2. The highest BCUT2D eigenvalue weighted by Crippen LogP contribution is 2.23. The second-order valence-electron chi connectivity index (χ2n) is 6.95. The minimum Gasteiger partial charge on any atom is -0.497 e. The maximum atomic E-state index is 13.1. The number of ether oxygens (including phenoxy) is 1. The number of hydrogen-bond donors (Lipinski definition) is 2. The highest BCUT2D eigenvalue weighted by Gasteiger charge is 2.34. The van der Waals surface area contributed by atoms with Crippen molar-refractivity contribution in [2.75, 3.05) is 22.6 Å². The number of benzene rings is 3. The van der Waals surface area contributed by atoms with Gasteiger partial charge in [-0.3, -0.25) is 14.5 Å². The predicted octanol–water partition coefficient (Wildman–Crippen LogP) is 3.91. The lowest BCUT2D eigenvalue weighted by atomic mass is 10.1. The Bertz CT molecular complexity index is 1080. The summed E-state index contributed by atoms with van der Waals surface area (Å²) in [6.45, 7) is 0. The monoisotopic (exact) mass is 414 g/mol. The van der Waals surface area contributed by atoms with Gasteiger partial charge in [-0.25, -0.2) is 4.99 Å². The summed E-state index contributed by atoms with van der Waals surface area (Å²) in [7, 11) is 1.58. The van der Waals surface area contributed by atoms with E-state index in [0.29, 0.717) is 23.1 Å². The third-order valence-electron chi connectivity index (χ3n) is 4.81. The van der Waals surface area contributed by atoms with Crippen LogP contribution >= 0.6 is 0 Å². The van der Waals surface area contributed by atoms with Crippen LogP contribution in [0, 0.1) is 0 Å². The first-order valence-electron chi connectivity index (χ1n) is 9.87. The van der Waals surface area contributed by atoms with Crippen molar-refractivity contribution in [1.82, 2.24) is 0 Å².